The molecule has 9 nitrogen and oxygen atoms in total. The Morgan fingerprint density at radius 3 is 1.61 bits per heavy atom. The van der Waals surface area contributed by atoms with Crippen molar-refractivity contribution in [1.82, 2.24) is 0 Å². The fraction of sp³-hybridized carbons (Fsp3) is 0.882. The van der Waals surface area contributed by atoms with Crippen LogP contribution in [0.3, 0.4) is 0 Å². The van der Waals surface area contributed by atoms with Crippen LogP contribution in [0.5, 0.6) is 0 Å². The summed E-state index contributed by atoms with van der Waals surface area (Å²) in [7, 11) is -4.36. The Morgan fingerprint density at radius 2 is 1.11 bits per heavy atom. The first kappa shape index (κ1) is 42.8. The summed E-state index contributed by atoms with van der Waals surface area (Å²) in [6, 6.07) is 0. The Bertz CT molecular complexity index is 749. The first-order valence-electron chi connectivity index (χ1n) is 17.7. The zero-order valence-corrected chi connectivity index (χ0v) is 29.0. The Morgan fingerprint density at radius 1 is 0.659 bits per heavy atom. The smallest absolute Gasteiger partial charge is 0.462 e. The van der Waals surface area contributed by atoms with Crippen LogP contribution in [0.25, 0.3) is 0 Å². The molecule has 0 heterocycles. The summed E-state index contributed by atoms with van der Waals surface area (Å²) < 4.78 is 32.5. The van der Waals surface area contributed by atoms with Gasteiger partial charge in [-0.25, -0.2) is 4.57 Å². The topological polar surface area (TPSA) is 134 Å². The molecule has 0 aromatic rings. The average Bonchev–Trinajstić information content (AvgIpc) is 3.00. The van der Waals surface area contributed by atoms with Gasteiger partial charge in [0.05, 0.1) is 13.2 Å². The molecule has 0 aliphatic heterocycles. The van der Waals surface area contributed by atoms with Crippen molar-refractivity contribution in [2.45, 2.75) is 168 Å². The first-order valence-corrected chi connectivity index (χ1v) is 19.2. The summed E-state index contributed by atoms with van der Waals surface area (Å²) in [5.74, 6) is -0.839. The molecule has 2 atom stereocenters. The number of esters is 2. The number of hydrogen-bond acceptors (Lipinski definition) is 8. The average molecular weight is 648 g/mol. The van der Waals surface area contributed by atoms with Crippen LogP contribution in [-0.2, 0) is 32.7 Å². The zero-order chi connectivity index (χ0) is 32.6. The van der Waals surface area contributed by atoms with E-state index >= 15 is 0 Å². The molecule has 0 aromatic heterocycles. The van der Waals surface area contributed by atoms with Crippen molar-refractivity contribution in [3.05, 3.63) is 12.2 Å². The third-order valence-electron chi connectivity index (χ3n) is 7.40. The van der Waals surface area contributed by atoms with Crippen LogP contribution in [0.1, 0.15) is 162 Å². The predicted molar refractivity (Wildman–Crippen MR) is 178 cm³/mol. The molecular formula is C34H66NO8P. The number of phosphoric acid groups is 1. The van der Waals surface area contributed by atoms with Gasteiger partial charge in [0, 0.05) is 19.4 Å². The van der Waals surface area contributed by atoms with E-state index in [0.29, 0.717) is 6.42 Å². The summed E-state index contributed by atoms with van der Waals surface area (Å²) in [6.45, 7) is 3.67. The maximum atomic E-state index is 12.5. The van der Waals surface area contributed by atoms with Gasteiger partial charge in [0.1, 0.15) is 6.61 Å². The van der Waals surface area contributed by atoms with Crippen LogP contribution in [-0.4, -0.2) is 49.3 Å². The van der Waals surface area contributed by atoms with E-state index in [1.165, 1.54) is 77.0 Å². The van der Waals surface area contributed by atoms with Crippen molar-refractivity contribution >= 4 is 19.8 Å². The number of allylic oxidation sites excluding steroid dienone is 2. The number of phosphoric ester groups is 1. The third-order valence-corrected chi connectivity index (χ3v) is 8.39. The van der Waals surface area contributed by atoms with E-state index in [1.54, 1.807) is 0 Å². The highest BCUT2D eigenvalue weighted by atomic mass is 31.2. The maximum Gasteiger partial charge on any atom is 0.472 e. The van der Waals surface area contributed by atoms with Crippen LogP contribution < -0.4 is 5.73 Å². The van der Waals surface area contributed by atoms with Crippen molar-refractivity contribution < 1.29 is 37.6 Å². The monoisotopic (exact) mass is 647 g/mol. The molecule has 0 amide bonds. The quantitative estimate of drug-likeness (QED) is 0.0309. The molecule has 0 fully saturated rings. The highest BCUT2D eigenvalue weighted by molar-refractivity contribution is 7.47. The molecule has 3 N–H and O–H groups in total. The van der Waals surface area contributed by atoms with Gasteiger partial charge in [-0.2, -0.15) is 0 Å². The van der Waals surface area contributed by atoms with E-state index < -0.39 is 26.5 Å². The number of carbonyl (C=O) groups excluding carboxylic acids is 2. The van der Waals surface area contributed by atoms with Gasteiger partial charge in [-0.05, 0) is 38.5 Å². The molecule has 260 valence electrons. The standard InChI is InChI=1S/C34H66NO8P/c1-3-5-7-9-11-13-14-15-16-17-19-21-23-25-27-34(37)43-32(31-42-44(38,39)41-29-28-35)30-40-33(36)26-24-22-20-18-12-10-8-6-4-2/h14-15,32H,3-13,16-31,35H2,1-2H3,(H,38,39)/b15-14+/t32-/m1/s1. The minimum absolute atomic E-state index is 0.0543. The normalized spacial score (nSPS) is 13.6. The lowest BCUT2D eigenvalue weighted by Crippen LogP contribution is -2.29. The third kappa shape index (κ3) is 30.8. The van der Waals surface area contributed by atoms with Crippen molar-refractivity contribution in [3.63, 3.8) is 0 Å². The molecule has 0 spiro atoms. The number of hydrogen-bond donors (Lipinski definition) is 2. The van der Waals surface area contributed by atoms with Gasteiger partial charge in [0.15, 0.2) is 6.10 Å². The Hall–Kier alpha value is -1.25. The SMILES string of the molecule is CCCCCCC/C=C/CCCCCCCC(=O)O[C@H](COC(=O)CCCCCCCCCCC)COP(=O)(O)OCCN. The second kappa shape index (κ2) is 31.7. The van der Waals surface area contributed by atoms with Crippen LogP contribution >= 0.6 is 7.82 Å². The van der Waals surface area contributed by atoms with E-state index in [0.717, 1.165) is 51.4 Å². The molecule has 10 heteroatoms. The van der Waals surface area contributed by atoms with Crippen LogP contribution in [0.15, 0.2) is 12.2 Å². The minimum Gasteiger partial charge on any atom is -0.462 e. The van der Waals surface area contributed by atoms with Crippen LogP contribution in [0.2, 0.25) is 0 Å². The van der Waals surface area contributed by atoms with E-state index in [4.69, 9.17) is 24.3 Å². The van der Waals surface area contributed by atoms with E-state index in [1.807, 2.05) is 0 Å². The molecule has 0 aromatic carbocycles. The van der Waals surface area contributed by atoms with E-state index in [2.05, 4.69) is 26.0 Å². The lowest BCUT2D eigenvalue weighted by Gasteiger charge is -2.19. The van der Waals surface area contributed by atoms with Gasteiger partial charge < -0.3 is 20.1 Å². The molecular weight excluding hydrogens is 581 g/mol. The number of rotatable bonds is 33. The lowest BCUT2D eigenvalue weighted by atomic mass is 10.1. The molecule has 0 aliphatic rings. The van der Waals surface area contributed by atoms with Gasteiger partial charge in [-0.3, -0.25) is 18.6 Å². The number of carbonyl (C=O) groups is 2. The Balaban J connectivity index is 4.26. The van der Waals surface area contributed by atoms with Crippen molar-refractivity contribution in [2.24, 2.45) is 5.73 Å². The van der Waals surface area contributed by atoms with E-state index in [9.17, 15) is 19.0 Å². The Kier molecular flexibility index (Phi) is 30.8. The molecule has 44 heavy (non-hydrogen) atoms. The highest BCUT2D eigenvalue weighted by Gasteiger charge is 2.25. The van der Waals surface area contributed by atoms with Crippen LogP contribution in [0.4, 0.5) is 0 Å². The highest BCUT2D eigenvalue weighted by Crippen LogP contribution is 2.43. The Labute approximate surface area is 269 Å². The fourth-order valence-electron chi connectivity index (χ4n) is 4.74. The molecule has 0 bridgehead atoms. The number of unbranched alkanes of at least 4 members (excludes halogenated alkanes) is 18. The molecule has 0 saturated carbocycles. The van der Waals surface area contributed by atoms with Gasteiger partial charge >= 0.3 is 19.8 Å². The molecule has 0 aliphatic carbocycles. The predicted octanol–water partition coefficient (Wildman–Crippen LogP) is 9.10. The molecule has 0 radical (unpaired) electrons. The number of nitrogens with two attached hydrogens (primary N) is 1. The molecule has 0 saturated heterocycles. The molecule has 1 unspecified atom stereocenters. The summed E-state index contributed by atoms with van der Waals surface area (Å²) in [5.41, 5.74) is 5.31. The summed E-state index contributed by atoms with van der Waals surface area (Å²) in [5, 5.41) is 0. The van der Waals surface area contributed by atoms with Gasteiger partial charge in [-0.1, -0.05) is 122 Å². The largest absolute Gasteiger partial charge is 0.472 e. The fourth-order valence-corrected chi connectivity index (χ4v) is 5.51. The summed E-state index contributed by atoms with van der Waals surface area (Å²) in [4.78, 5) is 34.5. The number of ether oxygens (including phenoxy) is 2. The first-order chi connectivity index (χ1) is 21.3. The van der Waals surface area contributed by atoms with E-state index in [-0.39, 0.29) is 38.6 Å². The maximum absolute atomic E-state index is 12.5. The summed E-state index contributed by atoms with van der Waals surface area (Å²) >= 11 is 0. The minimum atomic E-state index is -4.36. The van der Waals surface area contributed by atoms with Crippen molar-refractivity contribution in [1.29, 1.82) is 0 Å². The van der Waals surface area contributed by atoms with Gasteiger partial charge in [-0.15, -0.1) is 0 Å². The lowest BCUT2D eigenvalue weighted by molar-refractivity contribution is -0.161. The van der Waals surface area contributed by atoms with Crippen LogP contribution in [0, 0.1) is 0 Å². The second-order valence-corrected chi connectivity index (χ2v) is 13.2. The van der Waals surface area contributed by atoms with Gasteiger partial charge in [0.2, 0.25) is 0 Å². The van der Waals surface area contributed by atoms with Crippen molar-refractivity contribution in [3.8, 4) is 0 Å². The summed E-state index contributed by atoms with van der Waals surface area (Å²) in [6.07, 6.45) is 28.2. The second-order valence-electron chi connectivity index (χ2n) is 11.7. The zero-order valence-electron chi connectivity index (χ0n) is 28.2. The molecule has 0 rings (SSSR count). The van der Waals surface area contributed by atoms with Gasteiger partial charge in [0.25, 0.3) is 0 Å². The van der Waals surface area contributed by atoms with Crippen molar-refractivity contribution in [2.75, 3.05) is 26.4 Å².